The Labute approximate surface area is 343 Å². The number of pyridine rings is 1. The molecule has 1 aliphatic heterocycles. The van der Waals surface area contributed by atoms with Crippen LogP contribution < -0.4 is 19.5 Å². The van der Waals surface area contributed by atoms with E-state index in [0.717, 1.165) is 39.8 Å². The molecule has 3 aromatic carbocycles. The average molecular weight is 840 g/mol. The highest BCUT2D eigenvalue weighted by atomic mass is 35.5. The molecule has 4 N–H and O–H groups in total. The molecule has 1 aromatic heterocycles. The maximum Gasteiger partial charge on any atom is 0.326 e. The molecule has 14 nitrogen and oxygen atoms in total. The molecule has 58 heavy (non-hydrogen) atoms. The van der Waals surface area contributed by atoms with Gasteiger partial charge in [-0.3, -0.25) is 24.8 Å². The molecular weight excluding hydrogens is 790 g/mol. The number of likely N-dealkylation sites (tertiary alicyclic amines) is 1. The van der Waals surface area contributed by atoms with Gasteiger partial charge in [0.2, 0.25) is 0 Å². The Morgan fingerprint density at radius 2 is 1.66 bits per heavy atom. The summed E-state index contributed by atoms with van der Waals surface area (Å²) in [5.74, 6) is -0.832. The maximum absolute atomic E-state index is 12.1. The molecule has 3 atom stereocenters. The molecule has 312 valence electrons. The number of rotatable bonds is 19. The van der Waals surface area contributed by atoms with Crippen LogP contribution in [0, 0.1) is 19.8 Å². The number of aliphatic hydroxyl groups excluding tert-OH is 2. The molecule has 0 saturated carbocycles. The maximum atomic E-state index is 12.1. The second-order valence-corrected chi connectivity index (χ2v) is 17.0. The second-order valence-electron chi connectivity index (χ2n) is 14.6. The molecule has 0 spiro atoms. The van der Waals surface area contributed by atoms with Gasteiger partial charge in [0.05, 0.1) is 42.3 Å². The van der Waals surface area contributed by atoms with Crippen LogP contribution in [0.15, 0.2) is 71.9 Å². The molecule has 16 heteroatoms. The number of sulfone groups is 1. The van der Waals surface area contributed by atoms with Gasteiger partial charge in [-0.1, -0.05) is 41.9 Å². The molecule has 3 unspecified atom stereocenters. The number of hydrogen-bond donors (Lipinski definition) is 4. The summed E-state index contributed by atoms with van der Waals surface area (Å²) in [7, 11) is -2.18. The van der Waals surface area contributed by atoms with Crippen LogP contribution in [-0.2, 0) is 43.9 Å². The fraction of sp³-hybridized carbons (Fsp3) is 0.405. The number of benzene rings is 3. The Morgan fingerprint density at radius 3 is 2.34 bits per heavy atom. The fourth-order valence-electron chi connectivity index (χ4n) is 6.61. The SMILES string of the molecule is COC(=O)C1CN(CCCOc2cccc(-c3cccc(COc4cc(OCc5cncc(S(C)(=O)=O)c5)c(CNC(C)(CO)C(=O)O)cc4Cl)c3C)c2C)CC1O. The zero-order valence-corrected chi connectivity index (χ0v) is 34.7. The monoisotopic (exact) mass is 839 g/mol. The highest BCUT2D eigenvalue weighted by Gasteiger charge is 2.37. The first-order valence-electron chi connectivity index (χ1n) is 18.7. The lowest BCUT2D eigenvalue weighted by Crippen LogP contribution is -2.52. The van der Waals surface area contributed by atoms with E-state index in [1.165, 1.54) is 32.5 Å². The van der Waals surface area contributed by atoms with Crippen molar-refractivity contribution in [1.29, 1.82) is 0 Å². The van der Waals surface area contributed by atoms with Crippen molar-refractivity contribution >= 4 is 33.4 Å². The number of β-amino-alcohol motifs (C(OH)–C–C–N with tert-alkyl or cyclic N) is 1. The lowest BCUT2D eigenvalue weighted by atomic mass is 9.93. The largest absolute Gasteiger partial charge is 0.493 e. The number of halogens is 1. The van der Waals surface area contributed by atoms with Gasteiger partial charge in [0.1, 0.15) is 36.0 Å². The molecule has 1 fully saturated rings. The Balaban J connectivity index is 1.30. The van der Waals surface area contributed by atoms with E-state index >= 15 is 0 Å². The van der Waals surface area contributed by atoms with Crippen molar-refractivity contribution in [1.82, 2.24) is 15.2 Å². The molecule has 0 aliphatic carbocycles. The molecule has 0 bridgehead atoms. The van der Waals surface area contributed by atoms with Gasteiger partial charge in [-0.25, -0.2) is 8.42 Å². The van der Waals surface area contributed by atoms with E-state index in [1.807, 2.05) is 55.1 Å². The molecule has 0 radical (unpaired) electrons. The first-order chi connectivity index (χ1) is 27.5. The number of hydrogen-bond acceptors (Lipinski definition) is 13. The molecule has 4 aromatic rings. The summed E-state index contributed by atoms with van der Waals surface area (Å²) in [6, 6.07) is 16.5. The average Bonchev–Trinajstić information content (AvgIpc) is 3.58. The van der Waals surface area contributed by atoms with Crippen molar-refractivity contribution in [2.75, 3.05) is 46.2 Å². The van der Waals surface area contributed by atoms with Gasteiger partial charge in [-0.2, -0.15) is 0 Å². The third-order valence-corrected chi connectivity index (χ3v) is 11.7. The van der Waals surface area contributed by atoms with Crippen LogP contribution in [0.5, 0.6) is 17.2 Å². The van der Waals surface area contributed by atoms with Gasteiger partial charge in [0, 0.05) is 62.0 Å². The van der Waals surface area contributed by atoms with E-state index in [0.29, 0.717) is 55.3 Å². The van der Waals surface area contributed by atoms with Gasteiger partial charge in [-0.15, -0.1) is 0 Å². The van der Waals surface area contributed by atoms with Crippen molar-refractivity contribution in [2.45, 2.75) is 63.5 Å². The van der Waals surface area contributed by atoms with Crippen molar-refractivity contribution in [3.8, 4) is 28.4 Å². The number of aliphatic carboxylic acids is 1. The molecule has 2 heterocycles. The van der Waals surface area contributed by atoms with E-state index in [4.69, 9.17) is 30.5 Å². The third kappa shape index (κ3) is 10.8. The van der Waals surface area contributed by atoms with Gasteiger partial charge >= 0.3 is 11.9 Å². The zero-order chi connectivity index (χ0) is 42.2. The van der Waals surface area contributed by atoms with E-state index in [-0.39, 0.29) is 29.7 Å². The van der Waals surface area contributed by atoms with Gasteiger partial charge in [0.15, 0.2) is 9.84 Å². The van der Waals surface area contributed by atoms with Crippen molar-refractivity contribution < 1.29 is 52.3 Å². The zero-order valence-electron chi connectivity index (χ0n) is 33.2. The number of aliphatic hydroxyl groups is 2. The minimum absolute atomic E-state index is 0.0374. The summed E-state index contributed by atoms with van der Waals surface area (Å²) < 4.78 is 47.7. The van der Waals surface area contributed by atoms with E-state index in [2.05, 4.69) is 10.3 Å². The van der Waals surface area contributed by atoms with Crippen LogP contribution in [0.2, 0.25) is 5.02 Å². The smallest absolute Gasteiger partial charge is 0.326 e. The number of esters is 1. The van der Waals surface area contributed by atoms with E-state index < -0.39 is 45.9 Å². The van der Waals surface area contributed by atoms with E-state index in [1.54, 1.807) is 12.1 Å². The van der Waals surface area contributed by atoms with Crippen molar-refractivity contribution in [3.05, 3.63) is 99.8 Å². The number of aromatic nitrogens is 1. The van der Waals surface area contributed by atoms with Crippen LogP contribution in [0.1, 0.15) is 41.2 Å². The molecule has 1 saturated heterocycles. The molecule has 0 amide bonds. The Morgan fingerprint density at radius 1 is 0.948 bits per heavy atom. The number of methoxy groups -OCH3 is 1. The lowest BCUT2D eigenvalue weighted by molar-refractivity contribution is -0.148. The van der Waals surface area contributed by atoms with Gasteiger partial charge < -0.3 is 34.3 Å². The number of carboxylic acid groups (broad SMARTS) is 1. The lowest BCUT2D eigenvalue weighted by Gasteiger charge is -2.25. The molecular formula is C42H50ClN3O11S. The number of carbonyl (C=O) groups is 2. The van der Waals surface area contributed by atoms with Crippen LogP contribution in [0.25, 0.3) is 11.1 Å². The van der Waals surface area contributed by atoms with Crippen molar-refractivity contribution in [2.24, 2.45) is 5.92 Å². The van der Waals surface area contributed by atoms with Crippen LogP contribution in [0.3, 0.4) is 0 Å². The first-order valence-corrected chi connectivity index (χ1v) is 20.9. The predicted octanol–water partition coefficient (Wildman–Crippen LogP) is 4.74. The molecule has 1 aliphatic rings. The first kappa shape index (κ1) is 44.3. The predicted molar refractivity (Wildman–Crippen MR) is 217 cm³/mol. The quantitative estimate of drug-likeness (QED) is 0.0747. The summed E-state index contributed by atoms with van der Waals surface area (Å²) in [5.41, 5.74) is 4.16. The second kappa shape index (κ2) is 19.3. The number of nitrogens with one attached hydrogen (secondary N) is 1. The summed E-state index contributed by atoms with van der Waals surface area (Å²) in [4.78, 5) is 29.9. The number of nitrogens with zero attached hydrogens (tertiary/aromatic N) is 2. The fourth-order valence-corrected chi connectivity index (χ4v) is 7.47. The standard InChI is InChI=1S/C42H50ClN3O11S/c1-26-29(9-6-10-32(26)33-11-7-12-37(27(33)2)55-14-8-13-46-21-34(36(48)22-46)40(49)54-4)24-57-39-17-38(56-23-28-15-31(20-44-18-28)58(5,52)53)30(16-35(39)43)19-45-42(3,25-47)41(50)51/h6-7,9-12,15-18,20,34,36,45,47-48H,8,13-14,19,21-25H2,1-5H3,(H,50,51). The Bertz CT molecular complexity index is 2220. The number of carbonyl (C=O) groups excluding carboxylic acids is 1. The summed E-state index contributed by atoms with van der Waals surface area (Å²) >= 11 is 6.73. The normalized spacial score (nSPS) is 16.8. The number of ether oxygens (including phenoxy) is 4. The van der Waals surface area contributed by atoms with Gasteiger partial charge in [0.25, 0.3) is 0 Å². The Hall–Kier alpha value is -4.77. The minimum atomic E-state index is -3.51. The highest BCUT2D eigenvalue weighted by molar-refractivity contribution is 7.90. The van der Waals surface area contributed by atoms with Crippen LogP contribution in [0.4, 0.5) is 0 Å². The minimum Gasteiger partial charge on any atom is -0.493 e. The van der Waals surface area contributed by atoms with Crippen LogP contribution >= 0.6 is 11.6 Å². The van der Waals surface area contributed by atoms with Gasteiger partial charge in [-0.05, 0) is 73.2 Å². The molecule has 5 rings (SSSR count). The Kier molecular flexibility index (Phi) is 14.8. The highest BCUT2D eigenvalue weighted by Crippen LogP contribution is 2.37. The van der Waals surface area contributed by atoms with E-state index in [9.17, 15) is 33.3 Å². The summed E-state index contributed by atoms with van der Waals surface area (Å²) in [6.07, 6.45) is 3.79. The summed E-state index contributed by atoms with van der Waals surface area (Å²) in [6.45, 7) is 6.75. The topological polar surface area (TPSA) is 194 Å². The third-order valence-electron chi connectivity index (χ3n) is 10.3. The summed E-state index contributed by atoms with van der Waals surface area (Å²) in [5, 5.41) is 32.8. The number of carboxylic acids is 1. The van der Waals surface area contributed by atoms with Crippen LogP contribution in [-0.4, -0.2) is 103 Å². The van der Waals surface area contributed by atoms with Crippen molar-refractivity contribution in [3.63, 3.8) is 0 Å².